The molecule has 0 N–H and O–H groups in total. The molecule has 0 bridgehead atoms. The number of hydrogen-bond donors (Lipinski definition) is 0. The Morgan fingerprint density at radius 3 is 3.11 bits per heavy atom. The molecule has 1 aliphatic carbocycles. The van der Waals surface area contributed by atoms with Crippen molar-refractivity contribution in [1.29, 1.82) is 0 Å². The lowest BCUT2D eigenvalue weighted by Crippen LogP contribution is -2.54. The minimum absolute atomic E-state index is 0.101. The second kappa shape index (κ2) is 4.20. The molecule has 3 aliphatic heterocycles. The average molecular weight is 259 g/mol. The molecule has 0 saturated carbocycles. The number of hydrogen-bond acceptors (Lipinski definition) is 3. The lowest BCUT2D eigenvalue weighted by molar-refractivity contribution is -0.133. The summed E-state index contributed by atoms with van der Waals surface area (Å²) in [5.74, 6) is 1.69. The van der Waals surface area contributed by atoms with Gasteiger partial charge in [-0.05, 0) is 44.2 Å². The van der Waals surface area contributed by atoms with Crippen LogP contribution in [0.2, 0.25) is 0 Å². The predicted molar refractivity (Wildman–Crippen MR) is 72.5 cm³/mol. The molecular formula is C16H21NO2. The molecule has 3 heterocycles. The SMILES string of the molecule is C[C@@H]1CC=CC2=C1C(=O)[C@H]1[C@H](CCN3CCC[C@H]13)O2. The predicted octanol–water partition coefficient (Wildman–Crippen LogP) is 2.29. The number of carbonyl (C=O) groups is 1. The van der Waals surface area contributed by atoms with Crippen LogP contribution in [0, 0.1) is 11.8 Å². The Bertz CT molecular complexity index is 479. The molecule has 102 valence electrons. The molecule has 4 aliphatic rings. The third-order valence-electron chi connectivity index (χ3n) is 5.29. The molecule has 0 aromatic carbocycles. The lowest BCUT2D eigenvalue weighted by Gasteiger charge is -2.45. The van der Waals surface area contributed by atoms with Gasteiger partial charge in [0.15, 0.2) is 5.78 Å². The van der Waals surface area contributed by atoms with E-state index in [1.54, 1.807) is 0 Å². The van der Waals surface area contributed by atoms with E-state index in [0.29, 0.717) is 17.7 Å². The quantitative estimate of drug-likeness (QED) is 0.668. The maximum Gasteiger partial charge on any atom is 0.171 e. The topological polar surface area (TPSA) is 29.5 Å². The van der Waals surface area contributed by atoms with E-state index in [1.165, 1.54) is 19.4 Å². The van der Waals surface area contributed by atoms with Crippen LogP contribution in [0.5, 0.6) is 0 Å². The normalized spacial score (nSPS) is 41.6. The van der Waals surface area contributed by atoms with E-state index in [4.69, 9.17) is 4.74 Å². The molecule has 4 atom stereocenters. The number of fused-ring (bicyclic) bond motifs is 3. The zero-order valence-electron chi connectivity index (χ0n) is 11.5. The molecule has 0 spiro atoms. The molecule has 0 aromatic rings. The molecule has 3 nitrogen and oxygen atoms in total. The molecule has 0 unspecified atom stereocenters. The van der Waals surface area contributed by atoms with Crippen molar-refractivity contribution in [3.8, 4) is 0 Å². The van der Waals surface area contributed by atoms with Crippen molar-refractivity contribution >= 4 is 5.78 Å². The Labute approximate surface area is 114 Å². The van der Waals surface area contributed by atoms with E-state index < -0.39 is 0 Å². The molecule has 2 fully saturated rings. The number of carbonyl (C=O) groups excluding carboxylic acids is 1. The van der Waals surface area contributed by atoms with E-state index in [1.807, 2.05) is 6.08 Å². The van der Waals surface area contributed by atoms with Gasteiger partial charge in [-0.1, -0.05) is 13.0 Å². The van der Waals surface area contributed by atoms with Crippen molar-refractivity contribution in [3.05, 3.63) is 23.5 Å². The van der Waals surface area contributed by atoms with Gasteiger partial charge in [0.2, 0.25) is 0 Å². The fourth-order valence-corrected chi connectivity index (χ4v) is 4.37. The van der Waals surface area contributed by atoms with Crippen LogP contribution in [-0.2, 0) is 9.53 Å². The van der Waals surface area contributed by atoms with Crippen LogP contribution in [0.1, 0.15) is 32.6 Å². The molecule has 19 heavy (non-hydrogen) atoms. The Kier molecular flexibility index (Phi) is 2.59. The van der Waals surface area contributed by atoms with Crippen molar-refractivity contribution < 1.29 is 9.53 Å². The van der Waals surface area contributed by atoms with Gasteiger partial charge in [-0.2, -0.15) is 0 Å². The highest BCUT2D eigenvalue weighted by atomic mass is 16.5. The summed E-state index contributed by atoms with van der Waals surface area (Å²) >= 11 is 0. The van der Waals surface area contributed by atoms with Gasteiger partial charge in [0.25, 0.3) is 0 Å². The van der Waals surface area contributed by atoms with E-state index >= 15 is 0 Å². The Morgan fingerprint density at radius 1 is 1.32 bits per heavy atom. The van der Waals surface area contributed by atoms with Crippen molar-refractivity contribution in [2.45, 2.75) is 44.8 Å². The lowest BCUT2D eigenvalue weighted by atomic mass is 9.74. The zero-order chi connectivity index (χ0) is 13.0. The zero-order valence-corrected chi connectivity index (χ0v) is 11.5. The highest BCUT2D eigenvalue weighted by molar-refractivity contribution is 6.00. The van der Waals surface area contributed by atoms with Crippen LogP contribution in [0.15, 0.2) is 23.5 Å². The standard InChI is InChI=1S/C16H21NO2/c1-10-4-2-6-12-14(10)16(18)15-11-5-3-8-17(11)9-7-13(15)19-12/h2,6,10-11,13,15H,3-5,7-9H2,1H3/t10-,11-,13+,15-/m1/s1. The third-order valence-corrected chi connectivity index (χ3v) is 5.29. The Hall–Kier alpha value is -1.09. The summed E-state index contributed by atoms with van der Waals surface area (Å²) in [6.07, 6.45) is 8.67. The third kappa shape index (κ3) is 1.64. The van der Waals surface area contributed by atoms with Crippen LogP contribution in [-0.4, -0.2) is 35.9 Å². The largest absolute Gasteiger partial charge is 0.489 e. The second-order valence-corrected chi connectivity index (χ2v) is 6.40. The molecule has 0 radical (unpaired) electrons. The molecular weight excluding hydrogens is 238 g/mol. The minimum atomic E-state index is 0.101. The Morgan fingerprint density at radius 2 is 2.21 bits per heavy atom. The highest BCUT2D eigenvalue weighted by Gasteiger charge is 2.49. The summed E-state index contributed by atoms with van der Waals surface area (Å²) < 4.78 is 6.19. The van der Waals surface area contributed by atoms with Gasteiger partial charge in [-0.15, -0.1) is 0 Å². The fraction of sp³-hybridized carbons (Fsp3) is 0.688. The van der Waals surface area contributed by atoms with Gasteiger partial charge >= 0.3 is 0 Å². The summed E-state index contributed by atoms with van der Waals surface area (Å²) in [5.41, 5.74) is 0.970. The first kappa shape index (κ1) is 11.7. The smallest absolute Gasteiger partial charge is 0.171 e. The maximum atomic E-state index is 12.9. The van der Waals surface area contributed by atoms with Crippen LogP contribution in [0.3, 0.4) is 0 Å². The van der Waals surface area contributed by atoms with E-state index in [9.17, 15) is 4.79 Å². The molecule has 4 rings (SSSR count). The van der Waals surface area contributed by atoms with Crippen LogP contribution in [0.4, 0.5) is 0 Å². The van der Waals surface area contributed by atoms with Gasteiger partial charge in [-0.25, -0.2) is 0 Å². The first-order valence-corrected chi connectivity index (χ1v) is 7.61. The van der Waals surface area contributed by atoms with Gasteiger partial charge in [0, 0.05) is 18.2 Å². The highest BCUT2D eigenvalue weighted by Crippen LogP contribution is 2.42. The fourth-order valence-electron chi connectivity index (χ4n) is 4.37. The first-order valence-electron chi connectivity index (χ1n) is 7.61. The number of nitrogens with zero attached hydrogens (tertiary/aromatic N) is 1. The van der Waals surface area contributed by atoms with Crippen molar-refractivity contribution in [1.82, 2.24) is 4.90 Å². The second-order valence-electron chi connectivity index (χ2n) is 6.40. The summed E-state index contributed by atoms with van der Waals surface area (Å²) in [4.78, 5) is 15.5. The van der Waals surface area contributed by atoms with Crippen LogP contribution in [0.25, 0.3) is 0 Å². The Balaban J connectivity index is 1.73. The molecule has 0 aromatic heterocycles. The monoisotopic (exact) mass is 259 g/mol. The molecule has 3 heteroatoms. The molecule has 0 amide bonds. The van der Waals surface area contributed by atoms with E-state index in [0.717, 1.165) is 30.7 Å². The number of rotatable bonds is 0. The van der Waals surface area contributed by atoms with Gasteiger partial charge in [-0.3, -0.25) is 9.69 Å². The average Bonchev–Trinajstić information content (AvgIpc) is 2.86. The van der Waals surface area contributed by atoms with Crippen molar-refractivity contribution in [2.24, 2.45) is 11.8 Å². The summed E-state index contributed by atoms with van der Waals surface area (Å²) in [6, 6.07) is 0.443. The van der Waals surface area contributed by atoms with Crippen LogP contribution < -0.4 is 0 Å². The van der Waals surface area contributed by atoms with E-state index in [-0.39, 0.29) is 12.0 Å². The van der Waals surface area contributed by atoms with Gasteiger partial charge in [0.05, 0.1) is 5.92 Å². The van der Waals surface area contributed by atoms with Gasteiger partial charge < -0.3 is 4.74 Å². The van der Waals surface area contributed by atoms with E-state index in [2.05, 4.69) is 17.9 Å². The summed E-state index contributed by atoms with van der Waals surface area (Å²) in [6.45, 7) is 4.42. The maximum absolute atomic E-state index is 12.9. The van der Waals surface area contributed by atoms with Crippen molar-refractivity contribution in [3.63, 3.8) is 0 Å². The number of ether oxygens (including phenoxy) is 1. The number of piperidine rings is 1. The number of allylic oxidation sites excluding steroid dienone is 3. The number of ketones is 1. The van der Waals surface area contributed by atoms with Gasteiger partial charge in [0.1, 0.15) is 11.9 Å². The first-order chi connectivity index (χ1) is 9.25. The number of Topliss-reactive ketones (excluding diaryl/α,β-unsaturated/α-hetero) is 1. The molecule has 2 saturated heterocycles. The minimum Gasteiger partial charge on any atom is -0.489 e. The van der Waals surface area contributed by atoms with Crippen molar-refractivity contribution in [2.75, 3.05) is 13.1 Å². The summed E-state index contributed by atoms with van der Waals surface area (Å²) in [5, 5.41) is 0. The summed E-state index contributed by atoms with van der Waals surface area (Å²) in [7, 11) is 0. The van der Waals surface area contributed by atoms with Crippen LogP contribution >= 0.6 is 0 Å².